The topological polar surface area (TPSA) is 24.4 Å². The Balaban J connectivity index is 3.00. The van der Waals surface area contributed by atoms with Crippen molar-refractivity contribution < 1.29 is 0 Å². The van der Waals surface area contributed by atoms with Crippen LogP contribution in [0.2, 0.25) is 0 Å². The van der Waals surface area contributed by atoms with Gasteiger partial charge in [-0.15, -0.1) is 0 Å². The van der Waals surface area contributed by atoms with Gasteiger partial charge >= 0.3 is 0 Å². The van der Waals surface area contributed by atoms with Crippen molar-refractivity contribution in [2.75, 3.05) is 0 Å². The van der Waals surface area contributed by atoms with Crippen molar-refractivity contribution in [3.8, 4) is 0 Å². The minimum absolute atomic E-state index is 0.550. The number of allylic oxidation sites excluding steroid dienone is 3. The summed E-state index contributed by atoms with van der Waals surface area (Å²) in [5.74, 6) is 0.550. The summed E-state index contributed by atoms with van der Waals surface area (Å²) in [5, 5.41) is 4.00. The molecule has 0 bridgehead atoms. The van der Waals surface area contributed by atoms with Crippen LogP contribution in [0, 0.1) is 5.92 Å². The molecule has 0 aromatic rings. The van der Waals surface area contributed by atoms with E-state index in [1.54, 1.807) is 0 Å². The summed E-state index contributed by atoms with van der Waals surface area (Å²) in [4.78, 5) is 0. The third-order valence-corrected chi connectivity index (χ3v) is 1.92. The van der Waals surface area contributed by atoms with Crippen LogP contribution >= 0.6 is 0 Å². The first-order valence-corrected chi connectivity index (χ1v) is 4.30. The summed E-state index contributed by atoms with van der Waals surface area (Å²) in [6.45, 7) is 8.57. The van der Waals surface area contributed by atoms with Gasteiger partial charge in [-0.3, -0.25) is 5.43 Å². The molecule has 0 amide bonds. The van der Waals surface area contributed by atoms with Crippen LogP contribution in [0.25, 0.3) is 0 Å². The lowest BCUT2D eigenvalue weighted by Gasteiger charge is -2.18. The molecule has 66 valence electrons. The normalized spacial score (nSPS) is 16.1. The van der Waals surface area contributed by atoms with Crippen LogP contribution in [0.4, 0.5) is 0 Å². The molecular formula is C10H16N2. The van der Waals surface area contributed by atoms with Gasteiger partial charge in [-0.2, -0.15) is 5.10 Å². The number of hydrazone groups is 1. The van der Waals surface area contributed by atoms with Crippen molar-refractivity contribution in [3.63, 3.8) is 0 Å². The molecule has 0 radical (unpaired) electrons. The molecule has 0 atom stereocenters. The smallest absolute Gasteiger partial charge is 0.0583 e. The van der Waals surface area contributed by atoms with E-state index >= 15 is 0 Å². The van der Waals surface area contributed by atoms with Crippen LogP contribution < -0.4 is 5.43 Å². The highest BCUT2D eigenvalue weighted by Crippen LogP contribution is 2.21. The molecule has 1 N–H and O–H groups in total. The summed E-state index contributed by atoms with van der Waals surface area (Å²) >= 11 is 0. The SMILES string of the molecule is CC(C)=C1NN=CC=C1C(C)C. The van der Waals surface area contributed by atoms with Crippen molar-refractivity contribution in [2.45, 2.75) is 27.7 Å². The Morgan fingerprint density at radius 1 is 1.42 bits per heavy atom. The predicted molar refractivity (Wildman–Crippen MR) is 52.9 cm³/mol. The maximum atomic E-state index is 4.00. The molecule has 0 saturated carbocycles. The van der Waals surface area contributed by atoms with Crippen molar-refractivity contribution in [2.24, 2.45) is 11.0 Å². The van der Waals surface area contributed by atoms with Crippen LogP contribution in [0.5, 0.6) is 0 Å². The first-order valence-electron chi connectivity index (χ1n) is 4.30. The molecule has 2 heteroatoms. The summed E-state index contributed by atoms with van der Waals surface area (Å²) < 4.78 is 0. The van der Waals surface area contributed by atoms with E-state index in [1.807, 2.05) is 6.21 Å². The average molecular weight is 164 g/mol. The first kappa shape index (κ1) is 9.04. The van der Waals surface area contributed by atoms with E-state index in [9.17, 15) is 0 Å². The third-order valence-electron chi connectivity index (χ3n) is 1.92. The molecule has 1 aliphatic rings. The number of rotatable bonds is 1. The molecule has 0 unspecified atom stereocenters. The van der Waals surface area contributed by atoms with Gasteiger partial charge in [-0.25, -0.2) is 0 Å². The first-order chi connectivity index (χ1) is 5.63. The van der Waals surface area contributed by atoms with Crippen LogP contribution in [0.15, 0.2) is 28.0 Å². The van der Waals surface area contributed by atoms with Gasteiger partial charge in [0.2, 0.25) is 0 Å². The Morgan fingerprint density at radius 3 is 2.50 bits per heavy atom. The van der Waals surface area contributed by atoms with E-state index in [2.05, 4.69) is 44.3 Å². The Labute approximate surface area is 74.1 Å². The average Bonchev–Trinajstić information content (AvgIpc) is 2.04. The zero-order valence-corrected chi connectivity index (χ0v) is 8.18. The van der Waals surface area contributed by atoms with Gasteiger partial charge in [-0.1, -0.05) is 19.4 Å². The predicted octanol–water partition coefficient (Wildman–Crippen LogP) is 2.45. The van der Waals surface area contributed by atoms with Crippen molar-refractivity contribution in [3.05, 3.63) is 22.9 Å². The molecule has 0 aliphatic carbocycles. The number of nitrogens with one attached hydrogen (secondary N) is 1. The van der Waals surface area contributed by atoms with Crippen molar-refractivity contribution in [1.29, 1.82) is 0 Å². The van der Waals surface area contributed by atoms with Gasteiger partial charge in [-0.05, 0) is 31.4 Å². The minimum atomic E-state index is 0.550. The largest absolute Gasteiger partial charge is 0.278 e. The fraction of sp³-hybridized carbons (Fsp3) is 0.500. The number of hydrogen-bond acceptors (Lipinski definition) is 2. The second kappa shape index (κ2) is 3.57. The summed E-state index contributed by atoms with van der Waals surface area (Å²) in [7, 11) is 0. The number of nitrogens with zero attached hydrogens (tertiary/aromatic N) is 1. The highest BCUT2D eigenvalue weighted by atomic mass is 15.3. The molecule has 1 heterocycles. The lowest BCUT2D eigenvalue weighted by Crippen LogP contribution is -2.16. The molecule has 0 aromatic carbocycles. The second-order valence-electron chi connectivity index (χ2n) is 3.54. The van der Waals surface area contributed by atoms with E-state index < -0.39 is 0 Å². The number of hydrogen-bond donors (Lipinski definition) is 1. The summed E-state index contributed by atoms with van der Waals surface area (Å²) in [5.41, 5.74) is 6.83. The maximum Gasteiger partial charge on any atom is 0.0583 e. The Bertz CT molecular complexity index is 253. The monoisotopic (exact) mass is 164 g/mol. The Kier molecular flexibility index (Phi) is 2.69. The molecule has 12 heavy (non-hydrogen) atoms. The fourth-order valence-electron chi connectivity index (χ4n) is 1.25. The van der Waals surface area contributed by atoms with Gasteiger partial charge in [0.1, 0.15) is 0 Å². The molecule has 1 rings (SSSR count). The standard InChI is InChI=1S/C10H16N2/c1-7(2)9-5-6-11-12-10(9)8(3)4/h5-7,12H,1-4H3. The van der Waals surface area contributed by atoms with E-state index in [4.69, 9.17) is 0 Å². The summed E-state index contributed by atoms with van der Waals surface area (Å²) in [6, 6.07) is 0. The quantitative estimate of drug-likeness (QED) is 0.632. The van der Waals surface area contributed by atoms with Gasteiger partial charge in [0.15, 0.2) is 0 Å². The zero-order valence-electron chi connectivity index (χ0n) is 8.18. The lowest BCUT2D eigenvalue weighted by atomic mass is 9.97. The molecule has 0 aromatic heterocycles. The van der Waals surface area contributed by atoms with Crippen molar-refractivity contribution in [1.82, 2.24) is 5.43 Å². The van der Waals surface area contributed by atoms with E-state index in [-0.39, 0.29) is 0 Å². The zero-order chi connectivity index (χ0) is 9.14. The maximum absolute atomic E-state index is 4.00. The van der Waals surface area contributed by atoms with Gasteiger partial charge < -0.3 is 0 Å². The lowest BCUT2D eigenvalue weighted by molar-refractivity contribution is 0.729. The van der Waals surface area contributed by atoms with Crippen LogP contribution in [-0.2, 0) is 0 Å². The summed E-state index contributed by atoms with van der Waals surface area (Å²) in [6.07, 6.45) is 3.88. The second-order valence-corrected chi connectivity index (χ2v) is 3.54. The van der Waals surface area contributed by atoms with E-state index in [0.717, 1.165) is 0 Å². The van der Waals surface area contributed by atoms with Gasteiger partial charge in [0.05, 0.1) is 5.70 Å². The molecule has 0 fully saturated rings. The van der Waals surface area contributed by atoms with Gasteiger partial charge in [0, 0.05) is 6.21 Å². The van der Waals surface area contributed by atoms with Crippen LogP contribution in [0.1, 0.15) is 27.7 Å². The van der Waals surface area contributed by atoms with E-state index in [0.29, 0.717) is 5.92 Å². The van der Waals surface area contributed by atoms with Gasteiger partial charge in [0.25, 0.3) is 0 Å². The minimum Gasteiger partial charge on any atom is -0.278 e. The van der Waals surface area contributed by atoms with E-state index in [1.165, 1.54) is 16.8 Å². The fourth-order valence-corrected chi connectivity index (χ4v) is 1.25. The molecule has 0 saturated heterocycles. The molecular weight excluding hydrogens is 148 g/mol. The molecule has 2 nitrogen and oxygen atoms in total. The van der Waals surface area contributed by atoms with Crippen LogP contribution in [0.3, 0.4) is 0 Å². The van der Waals surface area contributed by atoms with Crippen LogP contribution in [-0.4, -0.2) is 6.21 Å². The highest BCUT2D eigenvalue weighted by Gasteiger charge is 2.11. The third kappa shape index (κ3) is 1.76. The Hall–Kier alpha value is -1.05. The molecule has 1 aliphatic heterocycles. The van der Waals surface area contributed by atoms with Crippen molar-refractivity contribution >= 4 is 6.21 Å². The highest BCUT2D eigenvalue weighted by molar-refractivity contribution is 5.75. The molecule has 0 spiro atoms. The Morgan fingerprint density at radius 2 is 2.08 bits per heavy atom.